The number of halogens is 4. The van der Waals surface area contributed by atoms with Crippen LogP contribution in [0.1, 0.15) is 17.2 Å². The lowest BCUT2D eigenvalue weighted by molar-refractivity contribution is -0.137. The van der Waals surface area contributed by atoms with E-state index in [9.17, 15) is 18.3 Å². The summed E-state index contributed by atoms with van der Waals surface area (Å²) in [6.45, 7) is -0.155. The van der Waals surface area contributed by atoms with Gasteiger partial charge in [-0.3, -0.25) is 0 Å². The second-order valence-corrected chi connectivity index (χ2v) is 3.46. The van der Waals surface area contributed by atoms with Crippen molar-refractivity contribution in [3.63, 3.8) is 0 Å². The molecule has 0 aromatic heterocycles. The molecule has 0 amide bonds. The van der Waals surface area contributed by atoms with Crippen LogP contribution in [-0.4, -0.2) is 11.7 Å². The summed E-state index contributed by atoms with van der Waals surface area (Å²) in [5.41, 5.74) is 4.31. The normalized spacial score (nSPS) is 14.0. The van der Waals surface area contributed by atoms with Gasteiger partial charge in [-0.25, -0.2) is 0 Å². The number of benzene rings is 1. The zero-order chi connectivity index (χ0) is 11.6. The third kappa shape index (κ3) is 3.09. The van der Waals surface area contributed by atoms with Gasteiger partial charge in [-0.2, -0.15) is 13.2 Å². The Morgan fingerprint density at radius 1 is 1.33 bits per heavy atom. The molecule has 3 N–H and O–H groups in total. The number of rotatable bonds is 2. The molecule has 0 radical (unpaired) electrons. The first-order valence-electron chi connectivity index (χ1n) is 4.10. The monoisotopic (exact) mass is 239 g/mol. The van der Waals surface area contributed by atoms with E-state index in [1.807, 2.05) is 0 Å². The molecule has 0 aliphatic rings. The Morgan fingerprint density at radius 3 is 2.40 bits per heavy atom. The molecule has 0 bridgehead atoms. The molecule has 6 heteroatoms. The molecule has 0 fully saturated rings. The number of aliphatic hydroxyl groups is 1. The molecule has 15 heavy (non-hydrogen) atoms. The van der Waals surface area contributed by atoms with Crippen molar-refractivity contribution >= 4 is 11.6 Å². The summed E-state index contributed by atoms with van der Waals surface area (Å²) in [6.07, 6.45) is -5.61. The Hall–Kier alpha value is -0.780. The van der Waals surface area contributed by atoms with Gasteiger partial charge in [0.1, 0.15) is 0 Å². The van der Waals surface area contributed by atoms with Crippen molar-refractivity contribution in [2.24, 2.45) is 5.73 Å². The molecule has 0 saturated heterocycles. The Labute approximate surface area is 89.5 Å². The highest BCUT2D eigenvalue weighted by molar-refractivity contribution is 6.30. The highest BCUT2D eigenvalue weighted by Crippen LogP contribution is 2.33. The predicted octanol–water partition coefficient (Wildman–Crippen LogP) is 2.35. The molecule has 1 aromatic carbocycles. The van der Waals surface area contributed by atoms with Crippen LogP contribution >= 0.6 is 11.6 Å². The Morgan fingerprint density at radius 2 is 1.93 bits per heavy atom. The zero-order valence-electron chi connectivity index (χ0n) is 7.55. The maximum absolute atomic E-state index is 12.3. The van der Waals surface area contributed by atoms with E-state index in [-0.39, 0.29) is 17.1 Å². The first-order chi connectivity index (χ1) is 6.84. The van der Waals surface area contributed by atoms with Crippen LogP contribution in [-0.2, 0) is 6.18 Å². The summed E-state index contributed by atoms with van der Waals surface area (Å²) in [7, 11) is 0. The summed E-state index contributed by atoms with van der Waals surface area (Å²) in [5.74, 6) is 0. The van der Waals surface area contributed by atoms with Crippen LogP contribution in [0.2, 0.25) is 5.02 Å². The molecular weight excluding hydrogens is 231 g/mol. The van der Waals surface area contributed by atoms with Gasteiger partial charge in [0.05, 0.1) is 11.7 Å². The number of hydrogen-bond donors (Lipinski definition) is 2. The standard InChI is InChI=1S/C9H9ClF3NO/c10-7-2-5(8(15)4-14)1-6(3-7)9(11,12)13/h1-3,8,15H,4,14H2. The maximum atomic E-state index is 12.3. The van der Waals surface area contributed by atoms with E-state index < -0.39 is 17.8 Å². The number of hydrogen-bond acceptors (Lipinski definition) is 2. The summed E-state index contributed by atoms with van der Waals surface area (Å²) >= 11 is 5.51. The van der Waals surface area contributed by atoms with Crippen LogP contribution in [0.25, 0.3) is 0 Å². The third-order valence-electron chi connectivity index (χ3n) is 1.86. The van der Waals surface area contributed by atoms with Crippen molar-refractivity contribution in [3.8, 4) is 0 Å². The molecule has 0 heterocycles. The van der Waals surface area contributed by atoms with Gasteiger partial charge >= 0.3 is 6.18 Å². The molecule has 84 valence electrons. The second kappa shape index (κ2) is 4.38. The van der Waals surface area contributed by atoms with Gasteiger partial charge in [0, 0.05) is 11.6 Å². The van der Waals surface area contributed by atoms with E-state index in [1.54, 1.807) is 0 Å². The van der Waals surface area contributed by atoms with Crippen LogP contribution in [0.5, 0.6) is 0 Å². The predicted molar refractivity (Wildman–Crippen MR) is 50.5 cm³/mol. The third-order valence-corrected chi connectivity index (χ3v) is 2.07. The van der Waals surface area contributed by atoms with Gasteiger partial charge in [-0.05, 0) is 23.8 Å². The van der Waals surface area contributed by atoms with Crippen LogP contribution in [0.3, 0.4) is 0 Å². The van der Waals surface area contributed by atoms with E-state index in [2.05, 4.69) is 0 Å². The summed E-state index contributed by atoms with van der Waals surface area (Å²) in [4.78, 5) is 0. The minimum Gasteiger partial charge on any atom is -0.387 e. The van der Waals surface area contributed by atoms with Crippen molar-refractivity contribution in [1.29, 1.82) is 0 Å². The molecule has 2 nitrogen and oxygen atoms in total. The van der Waals surface area contributed by atoms with Crippen molar-refractivity contribution < 1.29 is 18.3 Å². The van der Waals surface area contributed by atoms with E-state index in [4.69, 9.17) is 17.3 Å². The molecular formula is C9H9ClF3NO. The minimum atomic E-state index is -4.48. The van der Waals surface area contributed by atoms with Crippen molar-refractivity contribution in [1.82, 2.24) is 0 Å². The lowest BCUT2D eigenvalue weighted by Gasteiger charge is -2.12. The molecule has 0 saturated carbocycles. The zero-order valence-corrected chi connectivity index (χ0v) is 8.31. The van der Waals surface area contributed by atoms with Crippen LogP contribution in [0.4, 0.5) is 13.2 Å². The quantitative estimate of drug-likeness (QED) is 0.832. The van der Waals surface area contributed by atoms with Crippen molar-refractivity contribution in [2.45, 2.75) is 12.3 Å². The summed E-state index contributed by atoms with van der Waals surface area (Å²) in [6, 6.07) is 2.89. The fourth-order valence-corrected chi connectivity index (χ4v) is 1.35. The fourth-order valence-electron chi connectivity index (χ4n) is 1.10. The van der Waals surface area contributed by atoms with Crippen LogP contribution in [0.15, 0.2) is 18.2 Å². The van der Waals surface area contributed by atoms with Crippen molar-refractivity contribution in [2.75, 3.05) is 6.54 Å². The number of nitrogens with two attached hydrogens (primary N) is 1. The molecule has 1 unspecified atom stereocenters. The smallest absolute Gasteiger partial charge is 0.387 e. The van der Waals surface area contributed by atoms with Gasteiger partial charge in [-0.15, -0.1) is 0 Å². The molecule has 1 atom stereocenters. The molecule has 1 rings (SSSR count). The van der Waals surface area contributed by atoms with E-state index in [0.29, 0.717) is 0 Å². The average molecular weight is 240 g/mol. The largest absolute Gasteiger partial charge is 0.416 e. The maximum Gasteiger partial charge on any atom is 0.416 e. The first-order valence-corrected chi connectivity index (χ1v) is 4.48. The Bertz CT molecular complexity index is 354. The minimum absolute atomic E-state index is 0.0670. The van der Waals surface area contributed by atoms with Gasteiger partial charge in [0.15, 0.2) is 0 Å². The molecule has 1 aromatic rings. The lowest BCUT2D eigenvalue weighted by atomic mass is 10.1. The van der Waals surface area contributed by atoms with Gasteiger partial charge in [-0.1, -0.05) is 11.6 Å². The van der Waals surface area contributed by atoms with E-state index in [1.165, 1.54) is 6.07 Å². The Balaban J connectivity index is 3.17. The average Bonchev–Trinajstić information content (AvgIpc) is 2.14. The van der Waals surface area contributed by atoms with E-state index in [0.717, 1.165) is 12.1 Å². The number of alkyl halides is 3. The SMILES string of the molecule is NCC(O)c1cc(Cl)cc(C(F)(F)F)c1. The summed E-state index contributed by atoms with van der Waals surface area (Å²) in [5, 5.41) is 9.22. The summed E-state index contributed by atoms with van der Waals surface area (Å²) < 4.78 is 37.0. The molecule has 0 aliphatic heterocycles. The van der Waals surface area contributed by atoms with Crippen LogP contribution < -0.4 is 5.73 Å². The second-order valence-electron chi connectivity index (χ2n) is 3.02. The van der Waals surface area contributed by atoms with Crippen molar-refractivity contribution in [3.05, 3.63) is 34.3 Å². The van der Waals surface area contributed by atoms with Gasteiger partial charge < -0.3 is 10.8 Å². The van der Waals surface area contributed by atoms with E-state index >= 15 is 0 Å². The van der Waals surface area contributed by atoms with Crippen LogP contribution in [0, 0.1) is 0 Å². The number of aliphatic hydroxyl groups excluding tert-OH is 1. The molecule has 0 aliphatic carbocycles. The molecule has 0 spiro atoms. The van der Waals surface area contributed by atoms with Gasteiger partial charge in [0.2, 0.25) is 0 Å². The highest BCUT2D eigenvalue weighted by atomic mass is 35.5. The Kier molecular flexibility index (Phi) is 3.59. The fraction of sp³-hybridized carbons (Fsp3) is 0.333. The first kappa shape index (κ1) is 12.3. The topological polar surface area (TPSA) is 46.2 Å². The van der Waals surface area contributed by atoms with Gasteiger partial charge in [0.25, 0.3) is 0 Å². The lowest BCUT2D eigenvalue weighted by Crippen LogP contribution is -2.13. The highest BCUT2D eigenvalue weighted by Gasteiger charge is 2.31.